The van der Waals surface area contributed by atoms with E-state index in [2.05, 4.69) is 15.2 Å². The van der Waals surface area contributed by atoms with E-state index in [9.17, 15) is 4.79 Å². The van der Waals surface area contributed by atoms with Crippen LogP contribution in [0.5, 0.6) is 0 Å². The number of nitrogens with zero attached hydrogens (tertiary/aromatic N) is 5. The highest BCUT2D eigenvalue weighted by molar-refractivity contribution is 5.85. The predicted molar refractivity (Wildman–Crippen MR) is 49.3 cm³/mol. The Morgan fingerprint density at radius 2 is 2.33 bits per heavy atom. The molecule has 0 aromatic carbocycles. The fraction of sp³-hybridized carbons (Fsp3) is 0.250. The highest BCUT2D eigenvalue weighted by Crippen LogP contribution is 2.02. The highest BCUT2D eigenvalue weighted by Gasteiger charge is 2.11. The second-order valence-corrected chi connectivity index (χ2v) is 2.98. The van der Waals surface area contributed by atoms with Crippen LogP contribution in [-0.2, 0) is 13.6 Å². The molecule has 0 saturated carbocycles. The van der Waals surface area contributed by atoms with E-state index >= 15 is 0 Å². The van der Waals surface area contributed by atoms with Gasteiger partial charge in [0.2, 0.25) is 0 Å². The third-order valence-electron chi connectivity index (χ3n) is 2.03. The van der Waals surface area contributed by atoms with Crippen LogP contribution < -0.4 is 0 Å². The van der Waals surface area contributed by atoms with Gasteiger partial charge in [-0.2, -0.15) is 10.2 Å². The summed E-state index contributed by atoms with van der Waals surface area (Å²) in [6.07, 6.45) is 2.86. The molecular formula is C8H9N5O2. The molecule has 0 aliphatic heterocycles. The predicted octanol–water partition coefficient (Wildman–Crippen LogP) is -0.242. The van der Waals surface area contributed by atoms with Crippen LogP contribution >= 0.6 is 0 Å². The van der Waals surface area contributed by atoms with E-state index in [0.29, 0.717) is 12.4 Å². The van der Waals surface area contributed by atoms with Gasteiger partial charge in [0.05, 0.1) is 0 Å². The van der Waals surface area contributed by atoms with E-state index in [0.717, 1.165) is 0 Å². The molecule has 0 aliphatic carbocycles. The second kappa shape index (κ2) is 3.52. The molecule has 0 unspecified atom stereocenters. The van der Waals surface area contributed by atoms with Crippen molar-refractivity contribution in [3.63, 3.8) is 0 Å². The average Bonchev–Trinajstić information content (AvgIpc) is 2.77. The van der Waals surface area contributed by atoms with Crippen molar-refractivity contribution in [2.75, 3.05) is 0 Å². The van der Waals surface area contributed by atoms with Gasteiger partial charge in [-0.1, -0.05) is 0 Å². The molecule has 2 heterocycles. The Morgan fingerprint density at radius 1 is 1.53 bits per heavy atom. The fourth-order valence-electron chi connectivity index (χ4n) is 1.24. The Kier molecular flexibility index (Phi) is 2.20. The quantitative estimate of drug-likeness (QED) is 0.750. The van der Waals surface area contributed by atoms with Crippen LogP contribution in [0.15, 0.2) is 18.6 Å². The monoisotopic (exact) mass is 207 g/mol. The summed E-state index contributed by atoms with van der Waals surface area (Å²) in [7, 11) is 1.74. The molecule has 7 nitrogen and oxygen atoms in total. The van der Waals surface area contributed by atoms with Crippen LogP contribution in [0.25, 0.3) is 0 Å². The first-order valence-corrected chi connectivity index (χ1v) is 4.26. The van der Waals surface area contributed by atoms with E-state index < -0.39 is 5.97 Å². The Balaban J connectivity index is 2.28. The number of rotatable bonds is 3. The molecule has 1 N–H and O–H groups in total. The summed E-state index contributed by atoms with van der Waals surface area (Å²) in [5.41, 5.74) is 0.137. The van der Waals surface area contributed by atoms with Crippen molar-refractivity contribution < 1.29 is 9.90 Å². The summed E-state index contributed by atoms with van der Waals surface area (Å²) in [5.74, 6) is -0.351. The Bertz CT molecular complexity index is 487. The van der Waals surface area contributed by atoms with Crippen molar-refractivity contribution in [1.29, 1.82) is 0 Å². The van der Waals surface area contributed by atoms with Gasteiger partial charge in [0.15, 0.2) is 0 Å². The van der Waals surface area contributed by atoms with E-state index in [-0.39, 0.29) is 5.69 Å². The summed E-state index contributed by atoms with van der Waals surface area (Å²) in [4.78, 5) is 14.8. The lowest BCUT2D eigenvalue weighted by Crippen LogP contribution is -2.13. The van der Waals surface area contributed by atoms with Gasteiger partial charge >= 0.3 is 5.97 Å². The number of carbonyl (C=O) groups is 1. The van der Waals surface area contributed by atoms with Crippen molar-refractivity contribution in [3.8, 4) is 0 Å². The average molecular weight is 207 g/mol. The maximum absolute atomic E-state index is 10.8. The first-order chi connectivity index (χ1) is 7.18. The minimum absolute atomic E-state index is 0.137. The third kappa shape index (κ3) is 1.71. The zero-order valence-corrected chi connectivity index (χ0v) is 8.03. The number of aromatic carboxylic acids is 1. The zero-order valence-electron chi connectivity index (χ0n) is 8.03. The van der Waals surface area contributed by atoms with Gasteiger partial charge in [-0.05, 0) is 6.07 Å². The lowest BCUT2D eigenvalue weighted by Gasteiger charge is -2.03. The minimum atomic E-state index is -1.00. The van der Waals surface area contributed by atoms with E-state index in [1.165, 1.54) is 23.3 Å². The number of aromatic nitrogens is 5. The van der Waals surface area contributed by atoms with Gasteiger partial charge in [-0.25, -0.2) is 9.78 Å². The van der Waals surface area contributed by atoms with Crippen molar-refractivity contribution in [3.05, 3.63) is 30.1 Å². The van der Waals surface area contributed by atoms with Gasteiger partial charge in [-0.3, -0.25) is 9.36 Å². The first-order valence-electron chi connectivity index (χ1n) is 4.26. The van der Waals surface area contributed by atoms with Crippen LogP contribution in [0.2, 0.25) is 0 Å². The Labute approximate surface area is 85.0 Å². The van der Waals surface area contributed by atoms with Gasteiger partial charge in [-0.15, -0.1) is 0 Å². The first kappa shape index (κ1) is 9.38. The molecular weight excluding hydrogens is 198 g/mol. The lowest BCUT2D eigenvalue weighted by atomic mass is 10.4. The largest absolute Gasteiger partial charge is 0.477 e. The van der Waals surface area contributed by atoms with E-state index in [4.69, 9.17) is 5.11 Å². The molecule has 78 valence electrons. The second-order valence-electron chi connectivity index (χ2n) is 2.98. The summed E-state index contributed by atoms with van der Waals surface area (Å²) in [6.45, 7) is 0.297. The van der Waals surface area contributed by atoms with Crippen LogP contribution in [0, 0.1) is 0 Å². The number of hydrogen-bond donors (Lipinski definition) is 1. The molecule has 7 heteroatoms. The Hall–Kier alpha value is -2.18. The van der Waals surface area contributed by atoms with Crippen molar-refractivity contribution >= 4 is 5.97 Å². The normalized spacial score (nSPS) is 10.5. The molecule has 0 fully saturated rings. The molecule has 0 bridgehead atoms. The van der Waals surface area contributed by atoms with Gasteiger partial charge in [0, 0.05) is 13.2 Å². The summed E-state index contributed by atoms with van der Waals surface area (Å²) >= 11 is 0. The topological polar surface area (TPSA) is 85.8 Å². The number of carboxylic acids is 1. The SMILES string of the molecule is Cn1ncnc1Cn1nccc1C(=O)O. The summed E-state index contributed by atoms with van der Waals surface area (Å²) in [6, 6.07) is 1.44. The number of aryl methyl sites for hydroxylation is 1. The van der Waals surface area contributed by atoms with Gasteiger partial charge < -0.3 is 5.11 Å². The maximum Gasteiger partial charge on any atom is 0.354 e. The van der Waals surface area contributed by atoms with Crippen LogP contribution in [0.4, 0.5) is 0 Å². The van der Waals surface area contributed by atoms with Crippen molar-refractivity contribution in [2.45, 2.75) is 6.54 Å². The zero-order chi connectivity index (χ0) is 10.8. The van der Waals surface area contributed by atoms with Crippen molar-refractivity contribution in [2.24, 2.45) is 7.05 Å². The fourth-order valence-corrected chi connectivity index (χ4v) is 1.24. The van der Waals surface area contributed by atoms with E-state index in [1.807, 2.05) is 0 Å². The molecule has 0 spiro atoms. The smallest absolute Gasteiger partial charge is 0.354 e. The molecule has 0 amide bonds. The van der Waals surface area contributed by atoms with Crippen LogP contribution in [0.1, 0.15) is 16.3 Å². The molecule has 2 aromatic rings. The summed E-state index contributed by atoms with van der Waals surface area (Å²) in [5, 5.41) is 16.6. The minimum Gasteiger partial charge on any atom is -0.477 e. The maximum atomic E-state index is 10.8. The molecule has 2 rings (SSSR count). The van der Waals surface area contributed by atoms with Crippen LogP contribution in [-0.4, -0.2) is 35.6 Å². The molecule has 2 aromatic heterocycles. The number of hydrogen-bond acceptors (Lipinski definition) is 4. The van der Waals surface area contributed by atoms with Gasteiger partial charge in [0.1, 0.15) is 24.4 Å². The highest BCUT2D eigenvalue weighted by atomic mass is 16.4. The summed E-state index contributed by atoms with van der Waals surface area (Å²) < 4.78 is 2.94. The molecule has 0 atom stereocenters. The third-order valence-corrected chi connectivity index (χ3v) is 2.03. The molecule has 15 heavy (non-hydrogen) atoms. The van der Waals surface area contributed by atoms with Crippen LogP contribution in [0.3, 0.4) is 0 Å². The lowest BCUT2D eigenvalue weighted by molar-refractivity contribution is 0.0683. The molecule has 0 radical (unpaired) electrons. The molecule has 0 saturated heterocycles. The standard InChI is InChI=1S/C8H9N5O2/c1-12-7(9-5-11-12)4-13-6(8(14)15)2-3-10-13/h2-3,5H,4H2,1H3,(H,14,15). The number of carboxylic acid groups (broad SMARTS) is 1. The van der Waals surface area contributed by atoms with Crippen molar-refractivity contribution in [1.82, 2.24) is 24.5 Å². The molecule has 0 aliphatic rings. The Morgan fingerprint density at radius 3 is 2.93 bits per heavy atom. The van der Waals surface area contributed by atoms with E-state index in [1.54, 1.807) is 11.7 Å². The van der Waals surface area contributed by atoms with Gasteiger partial charge in [0.25, 0.3) is 0 Å².